The summed E-state index contributed by atoms with van der Waals surface area (Å²) >= 11 is 0. The number of fused-ring (bicyclic) bond motifs is 3. The summed E-state index contributed by atoms with van der Waals surface area (Å²) in [6.45, 7) is 26.5. The molecule has 1 aliphatic heterocycles. The van der Waals surface area contributed by atoms with Crippen LogP contribution in [0.3, 0.4) is 0 Å². The van der Waals surface area contributed by atoms with E-state index in [9.17, 15) is 9.90 Å². The molecule has 1 saturated heterocycles. The van der Waals surface area contributed by atoms with Crippen molar-refractivity contribution < 1.29 is 19.4 Å². The van der Waals surface area contributed by atoms with Crippen molar-refractivity contribution in [2.45, 2.75) is 132 Å². The van der Waals surface area contributed by atoms with Crippen molar-refractivity contribution in [2.24, 2.45) is 67.8 Å². The molecule has 2 aromatic rings. The van der Waals surface area contributed by atoms with Gasteiger partial charge in [0.1, 0.15) is 6.33 Å². The van der Waals surface area contributed by atoms with Crippen LogP contribution in [0.4, 0.5) is 0 Å². The molecule has 0 aromatic carbocycles. The third-order valence-electron chi connectivity index (χ3n) is 17.0. The number of aliphatic carboxylic acids is 1. The lowest BCUT2D eigenvalue weighted by molar-refractivity contribution is -0.255. The Morgan fingerprint density at radius 2 is 1.81 bits per heavy atom. The fourth-order valence-electron chi connectivity index (χ4n) is 12.7. The zero-order valence-electron chi connectivity index (χ0n) is 34.3. The molecule has 0 amide bonds. The highest BCUT2D eigenvalue weighted by Crippen LogP contribution is 2.75. The molecule has 3 N–H and O–H groups in total. The lowest BCUT2D eigenvalue weighted by Gasteiger charge is -2.71. The normalized spacial score (nSPS) is 41.4. The minimum absolute atomic E-state index is 0.132. The van der Waals surface area contributed by atoms with Crippen molar-refractivity contribution in [3.05, 3.63) is 36.4 Å². The van der Waals surface area contributed by atoms with Gasteiger partial charge in [0.05, 0.1) is 50.3 Å². The standard InChI is InChI=1S/C43H66N6O4/c1-26(2)27(3)39(8)17-18-40(9)29-12-13-32-38(7)20-31(49-35(45-25-48-49)28-15-19-46-47-21-28)34(53-23-42(11,44)37(4,5)6)43(32,24-52-22-38)30(29)14-16-41(40,10)33(39)36(50)51/h14-15,19,21,25-27,29,31-34H,12-13,16-18,20,22-24,44H2,1-11H3,(H,50,51)/t27-,29+,31-,32-,33-,34+,38-,39-,40-,41+,42+,43+/m1/s1. The summed E-state index contributed by atoms with van der Waals surface area (Å²) < 4.78 is 16.3. The van der Waals surface area contributed by atoms with Crippen LogP contribution in [0.25, 0.3) is 11.4 Å². The summed E-state index contributed by atoms with van der Waals surface area (Å²) in [6.07, 6.45) is 12.9. The van der Waals surface area contributed by atoms with E-state index in [1.54, 1.807) is 18.7 Å². The summed E-state index contributed by atoms with van der Waals surface area (Å²) in [5.41, 5.74) is 7.11. The van der Waals surface area contributed by atoms with Gasteiger partial charge in [-0.2, -0.15) is 15.3 Å². The monoisotopic (exact) mass is 731 g/mol. The van der Waals surface area contributed by atoms with Gasteiger partial charge in [0, 0.05) is 16.5 Å². The minimum Gasteiger partial charge on any atom is -0.481 e. The quantitative estimate of drug-likeness (QED) is 0.259. The highest BCUT2D eigenvalue weighted by molar-refractivity contribution is 5.73. The van der Waals surface area contributed by atoms with Crippen molar-refractivity contribution in [2.75, 3.05) is 19.8 Å². The van der Waals surface area contributed by atoms with Crippen LogP contribution in [0.2, 0.25) is 0 Å². The van der Waals surface area contributed by atoms with Crippen LogP contribution in [0.1, 0.15) is 121 Å². The molecule has 4 fully saturated rings. The molecule has 10 nitrogen and oxygen atoms in total. The molecule has 12 atom stereocenters. The number of nitrogens with zero attached hydrogens (tertiary/aromatic N) is 5. The molecule has 0 spiro atoms. The summed E-state index contributed by atoms with van der Waals surface area (Å²) in [5.74, 6) is 0.892. The maximum Gasteiger partial charge on any atom is 0.307 e. The summed E-state index contributed by atoms with van der Waals surface area (Å²) in [4.78, 5) is 18.4. The van der Waals surface area contributed by atoms with Crippen LogP contribution in [-0.4, -0.2) is 67.5 Å². The molecule has 0 radical (unpaired) electrons. The molecule has 7 rings (SSSR count). The fourth-order valence-corrected chi connectivity index (χ4v) is 12.7. The Morgan fingerprint density at radius 3 is 2.45 bits per heavy atom. The second-order valence-electron chi connectivity index (χ2n) is 20.7. The predicted molar refractivity (Wildman–Crippen MR) is 205 cm³/mol. The Morgan fingerprint density at radius 1 is 1.08 bits per heavy atom. The highest BCUT2D eigenvalue weighted by atomic mass is 16.5. The zero-order chi connectivity index (χ0) is 38.6. The molecule has 3 heterocycles. The smallest absolute Gasteiger partial charge is 0.307 e. The van der Waals surface area contributed by atoms with Crippen LogP contribution in [0.15, 0.2) is 36.4 Å². The van der Waals surface area contributed by atoms with Gasteiger partial charge in [-0.25, -0.2) is 9.67 Å². The Kier molecular flexibility index (Phi) is 9.22. The van der Waals surface area contributed by atoms with Crippen molar-refractivity contribution in [3.8, 4) is 11.4 Å². The first-order valence-electron chi connectivity index (χ1n) is 20.3. The number of rotatable bonds is 8. The molecule has 4 aliphatic carbocycles. The third-order valence-corrected chi connectivity index (χ3v) is 17.0. The van der Waals surface area contributed by atoms with E-state index in [-0.39, 0.29) is 45.6 Å². The number of carboxylic acid groups (broad SMARTS) is 1. The number of carbonyl (C=O) groups is 1. The number of nitrogens with two attached hydrogens (primary N) is 1. The van der Waals surface area contributed by atoms with Gasteiger partial charge in [0.2, 0.25) is 0 Å². The Hall–Kier alpha value is -2.69. The van der Waals surface area contributed by atoms with Crippen molar-refractivity contribution in [3.63, 3.8) is 0 Å². The lowest BCUT2D eigenvalue weighted by atomic mass is 9.34. The average Bonchev–Trinajstić information content (AvgIpc) is 3.57. The van der Waals surface area contributed by atoms with E-state index in [2.05, 4.69) is 97.1 Å². The first kappa shape index (κ1) is 38.6. The van der Waals surface area contributed by atoms with Gasteiger partial charge in [0.15, 0.2) is 5.82 Å². The Labute approximate surface area is 317 Å². The van der Waals surface area contributed by atoms with Gasteiger partial charge < -0.3 is 20.3 Å². The van der Waals surface area contributed by atoms with Crippen LogP contribution in [0, 0.1) is 62.1 Å². The van der Waals surface area contributed by atoms with Crippen LogP contribution in [-0.2, 0) is 14.3 Å². The maximum absolute atomic E-state index is 13.6. The van der Waals surface area contributed by atoms with E-state index in [1.165, 1.54) is 5.57 Å². The zero-order valence-corrected chi connectivity index (χ0v) is 34.3. The number of hydrogen-bond donors (Lipinski definition) is 2. The van der Waals surface area contributed by atoms with Gasteiger partial charge in [-0.05, 0) is 102 Å². The average molecular weight is 731 g/mol. The van der Waals surface area contributed by atoms with E-state index < -0.39 is 28.3 Å². The van der Waals surface area contributed by atoms with Gasteiger partial charge in [-0.15, -0.1) is 0 Å². The second-order valence-corrected chi connectivity index (χ2v) is 20.7. The largest absolute Gasteiger partial charge is 0.481 e. The molecule has 53 heavy (non-hydrogen) atoms. The number of carboxylic acids is 1. The van der Waals surface area contributed by atoms with E-state index in [0.717, 1.165) is 49.9 Å². The molecule has 2 bridgehead atoms. The third kappa shape index (κ3) is 5.45. The van der Waals surface area contributed by atoms with Crippen LogP contribution < -0.4 is 5.73 Å². The van der Waals surface area contributed by atoms with Crippen molar-refractivity contribution in [1.82, 2.24) is 25.0 Å². The van der Waals surface area contributed by atoms with E-state index in [0.29, 0.717) is 31.7 Å². The summed E-state index contributed by atoms with van der Waals surface area (Å²) in [7, 11) is 0. The van der Waals surface area contributed by atoms with Gasteiger partial charge in [-0.1, -0.05) is 80.9 Å². The number of ether oxygens (including phenoxy) is 2. The summed E-state index contributed by atoms with van der Waals surface area (Å²) in [5, 5.41) is 24.4. The lowest BCUT2D eigenvalue weighted by Crippen LogP contribution is -2.70. The second kappa shape index (κ2) is 12.7. The van der Waals surface area contributed by atoms with Crippen LogP contribution >= 0.6 is 0 Å². The Bertz CT molecular complexity index is 1730. The van der Waals surface area contributed by atoms with E-state index >= 15 is 0 Å². The van der Waals surface area contributed by atoms with Gasteiger partial charge in [0.25, 0.3) is 0 Å². The van der Waals surface area contributed by atoms with Crippen LogP contribution in [0.5, 0.6) is 0 Å². The molecular formula is C43H66N6O4. The molecule has 292 valence electrons. The molecule has 5 aliphatic rings. The van der Waals surface area contributed by atoms with Crippen molar-refractivity contribution >= 4 is 5.97 Å². The highest BCUT2D eigenvalue weighted by Gasteiger charge is 2.73. The van der Waals surface area contributed by atoms with Gasteiger partial charge in [-0.3, -0.25) is 4.79 Å². The number of hydrogen-bond acceptors (Lipinski definition) is 8. The van der Waals surface area contributed by atoms with E-state index in [1.807, 2.05) is 6.07 Å². The molecule has 10 heteroatoms. The number of aromatic nitrogens is 5. The predicted octanol–water partition coefficient (Wildman–Crippen LogP) is 8.01. The van der Waals surface area contributed by atoms with Crippen molar-refractivity contribution in [1.29, 1.82) is 0 Å². The molecule has 2 aromatic heterocycles. The first-order valence-corrected chi connectivity index (χ1v) is 20.3. The van der Waals surface area contributed by atoms with Gasteiger partial charge >= 0.3 is 5.97 Å². The fraction of sp³-hybridized carbons (Fsp3) is 0.791. The minimum atomic E-state index is -0.640. The maximum atomic E-state index is 13.6. The van der Waals surface area contributed by atoms with E-state index in [4.69, 9.17) is 25.3 Å². The first-order chi connectivity index (χ1) is 24.7. The molecule has 3 saturated carbocycles. The SMILES string of the molecule is CC(C)[C@@H](C)[C@@]1(C)CC[C@]2(C)[C@H]3CC[C@@H]4[C@@]5(C)COC[C@@]4(C3=CC[C@@]2(C)[C@@H]1C(=O)O)[C@@H](OC[C@](C)(N)C(C)(C)C)[C@H](n1ncnc1-c1ccnnc1)C5. The molecular weight excluding hydrogens is 665 g/mol. The number of allylic oxidation sites excluding steroid dienone is 1. The molecule has 0 unspecified atom stereocenters. The topological polar surface area (TPSA) is 138 Å². The Balaban J connectivity index is 1.41. The summed E-state index contributed by atoms with van der Waals surface area (Å²) in [6, 6.07) is 1.79.